The molecule has 0 aliphatic rings. The average Bonchev–Trinajstić information content (AvgIpc) is 2.59. The van der Waals surface area contributed by atoms with E-state index in [0.717, 1.165) is 13.1 Å². The fraction of sp³-hybridized carbons (Fsp3) is 0.727. The zero-order valence-corrected chi connectivity index (χ0v) is 10.8. The lowest BCUT2D eigenvalue weighted by atomic mass is 10.3. The maximum Gasteiger partial charge on any atom is 0.109 e. The molecule has 1 rings (SSSR count). The lowest BCUT2D eigenvalue weighted by Gasteiger charge is -2.12. The molecule has 0 amide bonds. The third kappa shape index (κ3) is 4.73. The quantitative estimate of drug-likeness (QED) is 0.731. The summed E-state index contributed by atoms with van der Waals surface area (Å²) in [5.41, 5.74) is 0. The molecule has 0 fully saturated rings. The Hall–Kier alpha value is -0.450. The van der Waals surface area contributed by atoms with Crippen LogP contribution in [0, 0.1) is 6.92 Å². The van der Waals surface area contributed by atoms with Gasteiger partial charge in [0, 0.05) is 30.2 Å². The minimum Gasteiger partial charge on any atom is -0.313 e. The van der Waals surface area contributed by atoms with Crippen LogP contribution in [0.25, 0.3) is 0 Å². The highest BCUT2D eigenvalue weighted by atomic mass is 32.1. The van der Waals surface area contributed by atoms with Gasteiger partial charge in [-0.05, 0) is 13.8 Å². The summed E-state index contributed by atoms with van der Waals surface area (Å²) < 4.78 is 0. The maximum absolute atomic E-state index is 4.37. The van der Waals surface area contributed by atoms with E-state index in [1.807, 2.05) is 6.20 Å². The van der Waals surface area contributed by atoms with Crippen LogP contribution in [-0.4, -0.2) is 24.1 Å². The molecular weight excluding hydrogens is 206 g/mol. The van der Waals surface area contributed by atoms with Crippen molar-refractivity contribution >= 4 is 11.3 Å². The Kier molecular flexibility index (Phi) is 5.22. The van der Waals surface area contributed by atoms with Gasteiger partial charge in [-0.1, -0.05) is 13.8 Å². The third-order valence-electron chi connectivity index (χ3n) is 2.14. The van der Waals surface area contributed by atoms with E-state index in [9.17, 15) is 0 Å². The van der Waals surface area contributed by atoms with Gasteiger partial charge in [0.05, 0.1) is 6.04 Å². The number of rotatable bonds is 6. The fourth-order valence-electron chi connectivity index (χ4n) is 1.31. The van der Waals surface area contributed by atoms with Crippen molar-refractivity contribution < 1.29 is 0 Å². The van der Waals surface area contributed by atoms with E-state index in [2.05, 4.69) is 43.3 Å². The predicted molar refractivity (Wildman–Crippen MR) is 66.4 cm³/mol. The zero-order valence-electron chi connectivity index (χ0n) is 10.0. The Morgan fingerprint density at radius 1 is 1.27 bits per heavy atom. The Labute approximate surface area is 96.3 Å². The molecule has 1 heterocycles. The first-order chi connectivity index (χ1) is 7.09. The summed E-state index contributed by atoms with van der Waals surface area (Å²) in [6.07, 6.45) is 1.94. The lowest BCUT2D eigenvalue weighted by molar-refractivity contribution is 0.517. The van der Waals surface area contributed by atoms with Gasteiger partial charge in [-0.3, -0.25) is 0 Å². The number of hydrogen-bond acceptors (Lipinski definition) is 4. The van der Waals surface area contributed by atoms with Gasteiger partial charge in [0.25, 0.3) is 0 Å². The topological polar surface area (TPSA) is 37.0 Å². The van der Waals surface area contributed by atoms with E-state index in [1.165, 1.54) is 9.88 Å². The second kappa shape index (κ2) is 6.20. The molecule has 2 N–H and O–H groups in total. The van der Waals surface area contributed by atoms with Gasteiger partial charge >= 0.3 is 0 Å². The van der Waals surface area contributed by atoms with Gasteiger partial charge in [-0.2, -0.15) is 0 Å². The van der Waals surface area contributed by atoms with Crippen molar-refractivity contribution in [3.63, 3.8) is 0 Å². The molecule has 0 aromatic carbocycles. The van der Waals surface area contributed by atoms with E-state index in [0.29, 0.717) is 12.1 Å². The molecule has 15 heavy (non-hydrogen) atoms. The summed E-state index contributed by atoms with van der Waals surface area (Å²) >= 11 is 1.77. The summed E-state index contributed by atoms with van der Waals surface area (Å²) in [5, 5.41) is 8.01. The standard InChI is InChI=1S/C11H21N3S/c1-8(2)12-5-6-13-10(4)11-14-7-9(3)15-11/h7-8,10,12-13H,5-6H2,1-4H3. The van der Waals surface area contributed by atoms with Gasteiger partial charge in [-0.25, -0.2) is 4.98 Å². The van der Waals surface area contributed by atoms with E-state index in [1.54, 1.807) is 11.3 Å². The molecule has 1 aromatic rings. The first-order valence-corrected chi connectivity index (χ1v) is 6.30. The van der Waals surface area contributed by atoms with Crippen molar-refractivity contribution in [1.82, 2.24) is 15.6 Å². The van der Waals surface area contributed by atoms with Gasteiger partial charge in [0.1, 0.15) is 5.01 Å². The molecule has 0 saturated carbocycles. The van der Waals surface area contributed by atoms with Crippen LogP contribution in [0.2, 0.25) is 0 Å². The van der Waals surface area contributed by atoms with Crippen LogP contribution >= 0.6 is 11.3 Å². The van der Waals surface area contributed by atoms with Gasteiger partial charge in [0.15, 0.2) is 0 Å². The molecule has 86 valence electrons. The second-order valence-electron chi connectivity index (χ2n) is 4.09. The monoisotopic (exact) mass is 227 g/mol. The number of hydrogen-bond donors (Lipinski definition) is 2. The van der Waals surface area contributed by atoms with Gasteiger partial charge < -0.3 is 10.6 Å². The number of aryl methyl sites for hydroxylation is 1. The summed E-state index contributed by atoms with van der Waals surface area (Å²) in [6.45, 7) is 10.6. The highest BCUT2D eigenvalue weighted by Crippen LogP contribution is 2.18. The van der Waals surface area contributed by atoms with Crippen LogP contribution in [0.4, 0.5) is 0 Å². The molecular formula is C11H21N3S. The fourth-order valence-corrected chi connectivity index (χ4v) is 2.11. The van der Waals surface area contributed by atoms with E-state index in [4.69, 9.17) is 0 Å². The summed E-state index contributed by atoms with van der Waals surface area (Å²) in [5.74, 6) is 0. The molecule has 0 radical (unpaired) electrons. The van der Waals surface area contributed by atoms with Crippen LogP contribution in [0.5, 0.6) is 0 Å². The molecule has 0 bridgehead atoms. The van der Waals surface area contributed by atoms with Crippen molar-refractivity contribution in [2.75, 3.05) is 13.1 Å². The largest absolute Gasteiger partial charge is 0.313 e. The molecule has 0 aliphatic heterocycles. The van der Waals surface area contributed by atoms with Crippen molar-refractivity contribution in [2.24, 2.45) is 0 Å². The number of thiazole rings is 1. The van der Waals surface area contributed by atoms with Crippen molar-refractivity contribution in [2.45, 2.75) is 39.8 Å². The third-order valence-corrected chi connectivity index (χ3v) is 3.23. The molecule has 0 aliphatic carbocycles. The Bertz CT molecular complexity index is 283. The van der Waals surface area contributed by atoms with Crippen LogP contribution in [0.3, 0.4) is 0 Å². The molecule has 3 nitrogen and oxygen atoms in total. The van der Waals surface area contributed by atoms with Gasteiger partial charge in [-0.15, -0.1) is 11.3 Å². The number of aromatic nitrogens is 1. The molecule has 0 spiro atoms. The molecule has 1 atom stereocenters. The molecule has 4 heteroatoms. The summed E-state index contributed by atoms with van der Waals surface area (Å²) in [6, 6.07) is 0.918. The van der Waals surface area contributed by atoms with Crippen LogP contribution < -0.4 is 10.6 Å². The van der Waals surface area contributed by atoms with Crippen molar-refractivity contribution in [3.8, 4) is 0 Å². The maximum atomic E-state index is 4.37. The lowest BCUT2D eigenvalue weighted by Crippen LogP contribution is -2.32. The van der Waals surface area contributed by atoms with E-state index < -0.39 is 0 Å². The summed E-state index contributed by atoms with van der Waals surface area (Å²) in [4.78, 5) is 5.64. The average molecular weight is 227 g/mol. The SMILES string of the molecule is Cc1cnc(C(C)NCCNC(C)C)s1. The van der Waals surface area contributed by atoms with Gasteiger partial charge in [0.2, 0.25) is 0 Å². The molecule has 1 aromatic heterocycles. The van der Waals surface area contributed by atoms with Crippen LogP contribution in [0.1, 0.15) is 36.7 Å². The number of nitrogens with one attached hydrogen (secondary N) is 2. The van der Waals surface area contributed by atoms with Crippen molar-refractivity contribution in [3.05, 3.63) is 16.1 Å². The highest BCUT2D eigenvalue weighted by molar-refractivity contribution is 7.11. The predicted octanol–water partition coefficient (Wildman–Crippen LogP) is 2.10. The molecule has 0 saturated heterocycles. The van der Waals surface area contributed by atoms with Crippen LogP contribution in [0.15, 0.2) is 6.20 Å². The first kappa shape index (κ1) is 12.6. The second-order valence-corrected chi connectivity index (χ2v) is 5.36. The molecule has 1 unspecified atom stereocenters. The first-order valence-electron chi connectivity index (χ1n) is 5.48. The zero-order chi connectivity index (χ0) is 11.3. The minimum absolute atomic E-state index is 0.359. The summed E-state index contributed by atoms with van der Waals surface area (Å²) in [7, 11) is 0. The number of nitrogens with zero attached hydrogens (tertiary/aromatic N) is 1. The Morgan fingerprint density at radius 3 is 2.47 bits per heavy atom. The van der Waals surface area contributed by atoms with E-state index >= 15 is 0 Å². The normalized spacial score (nSPS) is 13.4. The Morgan fingerprint density at radius 2 is 1.93 bits per heavy atom. The smallest absolute Gasteiger partial charge is 0.109 e. The minimum atomic E-state index is 0.359. The Balaban J connectivity index is 2.21. The van der Waals surface area contributed by atoms with Crippen LogP contribution in [-0.2, 0) is 0 Å². The highest BCUT2D eigenvalue weighted by Gasteiger charge is 2.07. The van der Waals surface area contributed by atoms with E-state index in [-0.39, 0.29) is 0 Å². The van der Waals surface area contributed by atoms with Crippen molar-refractivity contribution in [1.29, 1.82) is 0 Å².